The molecule has 9 aromatic rings. The van der Waals surface area contributed by atoms with Gasteiger partial charge in [-0.25, -0.2) is 0 Å². The van der Waals surface area contributed by atoms with Crippen LogP contribution in [0.3, 0.4) is 0 Å². The van der Waals surface area contributed by atoms with E-state index >= 15 is 0 Å². The second kappa shape index (κ2) is 29.8. The zero-order valence-electron chi connectivity index (χ0n) is 46.4. The molecule has 12 nitrogen and oxygen atoms in total. The summed E-state index contributed by atoms with van der Waals surface area (Å²) in [6.45, 7) is 21.0. The maximum Gasteiger partial charge on any atom is 0.119 e. The minimum atomic E-state index is -0.0102. The fourth-order valence-corrected chi connectivity index (χ4v) is 10.3. The Labute approximate surface area is 488 Å². The van der Waals surface area contributed by atoms with E-state index in [2.05, 4.69) is 143 Å². The SMILES string of the molecule is CCn1c(-c2ccc(OCCBr)cc2)c(C#N)c2ccc(C)cc21.CCn1c(-c2ccc(OCCN3CCOCC3)cc2)c(C#N)c2ccc(C)cc21.CCn1c(-c2ccc(OCCO)cc2)c(C#N)c2ccc(C)cc21.ClCCl. The van der Waals surface area contributed by atoms with E-state index in [1.165, 1.54) is 16.7 Å². The molecule has 1 fully saturated rings. The van der Waals surface area contributed by atoms with E-state index in [0.717, 1.165) is 147 Å². The Morgan fingerprint density at radius 2 is 0.838 bits per heavy atom. The molecule has 0 radical (unpaired) electrons. The number of morpholine rings is 1. The van der Waals surface area contributed by atoms with E-state index in [-0.39, 0.29) is 18.6 Å². The van der Waals surface area contributed by atoms with Gasteiger partial charge in [0.2, 0.25) is 0 Å². The molecule has 0 unspecified atom stereocenters. The van der Waals surface area contributed by atoms with Crippen molar-refractivity contribution in [2.24, 2.45) is 0 Å². The van der Waals surface area contributed by atoms with Gasteiger partial charge >= 0.3 is 0 Å². The number of aryl methyl sites for hydroxylation is 6. The van der Waals surface area contributed by atoms with Crippen molar-refractivity contribution in [1.29, 1.82) is 15.8 Å². The summed E-state index contributed by atoms with van der Waals surface area (Å²) < 4.78 is 29.0. The number of nitrogens with zero attached hydrogens (tertiary/aromatic N) is 7. The van der Waals surface area contributed by atoms with Crippen molar-refractivity contribution in [3.63, 3.8) is 0 Å². The average Bonchev–Trinajstić information content (AvgIpc) is 4.30. The van der Waals surface area contributed by atoms with Gasteiger partial charge in [-0.15, -0.1) is 23.2 Å². The molecule has 3 aromatic heterocycles. The Bertz CT molecular complexity index is 3470. The van der Waals surface area contributed by atoms with Crippen LogP contribution in [-0.4, -0.2) is 93.7 Å². The molecular weight excluding hydrogens is 1110 g/mol. The summed E-state index contributed by atoms with van der Waals surface area (Å²) >= 11 is 12.9. The van der Waals surface area contributed by atoms with E-state index in [9.17, 15) is 15.8 Å². The van der Waals surface area contributed by atoms with Crippen molar-refractivity contribution < 1.29 is 24.1 Å². The van der Waals surface area contributed by atoms with E-state index in [1.54, 1.807) is 0 Å². The van der Waals surface area contributed by atoms with Gasteiger partial charge in [0.25, 0.3) is 0 Å². The molecular formula is C65H68BrCl2N7O5. The number of aliphatic hydroxyl groups excluding tert-OH is 1. The van der Waals surface area contributed by atoms with Crippen molar-refractivity contribution in [2.45, 2.75) is 61.2 Å². The van der Waals surface area contributed by atoms with Gasteiger partial charge in [0.1, 0.15) is 48.7 Å². The number of aliphatic hydroxyl groups is 1. The molecule has 0 spiro atoms. The molecule has 10 rings (SSSR count). The lowest BCUT2D eigenvalue weighted by Crippen LogP contribution is -2.38. The minimum absolute atomic E-state index is 0.0102. The monoisotopic (exact) mass is 1180 g/mol. The third-order valence-electron chi connectivity index (χ3n) is 13.8. The molecule has 80 heavy (non-hydrogen) atoms. The molecule has 15 heteroatoms. The molecule has 414 valence electrons. The van der Waals surface area contributed by atoms with Gasteiger partial charge in [0, 0.05) is 60.8 Å². The number of hydrogen-bond acceptors (Lipinski definition) is 9. The van der Waals surface area contributed by atoms with E-state index < -0.39 is 0 Å². The first-order valence-electron chi connectivity index (χ1n) is 26.9. The van der Waals surface area contributed by atoms with Gasteiger partial charge in [0.05, 0.1) is 82.1 Å². The van der Waals surface area contributed by atoms with Crippen LogP contribution in [0.25, 0.3) is 66.5 Å². The van der Waals surface area contributed by atoms with Crippen molar-refractivity contribution in [2.75, 3.05) is 69.9 Å². The standard InChI is InChI=1S/C24H27N3O2.C20H19BrN2O.C20H20N2O2.CH2Cl2/c1-3-27-23-16-18(2)4-9-21(23)22(17-25)24(27)19-5-7-20(8-6-19)29-15-12-26-10-13-28-14-11-26;1-3-23-19-12-14(2)4-9-17(19)18(13-22)20(23)15-5-7-16(8-6-15)24-11-10-21;1-3-22-19-12-14(2)4-9-17(19)18(13-21)20(22)15-5-7-16(8-6-15)24-11-10-23;2-1-3/h4-9,16H,3,10-15H2,1-2H3;4-9,12H,3,10-11H2,1-2H3;4-9,12,23H,3,10-11H2,1-2H3;1H2. The molecule has 4 heterocycles. The number of rotatable bonds is 16. The van der Waals surface area contributed by atoms with E-state index in [4.69, 9.17) is 47.3 Å². The summed E-state index contributed by atoms with van der Waals surface area (Å²) in [5, 5.41) is 42.1. The van der Waals surface area contributed by atoms with Gasteiger partial charge in [-0.1, -0.05) is 52.3 Å². The average molecular weight is 1180 g/mol. The molecule has 0 bridgehead atoms. The number of aromatic nitrogens is 3. The Morgan fingerprint density at radius 1 is 0.512 bits per heavy atom. The molecule has 1 N–H and O–H groups in total. The van der Waals surface area contributed by atoms with Gasteiger partial charge < -0.3 is 37.8 Å². The topological polar surface area (TPSA) is 147 Å². The van der Waals surface area contributed by atoms with E-state index in [0.29, 0.717) is 24.5 Å². The van der Waals surface area contributed by atoms with Crippen molar-refractivity contribution in [1.82, 2.24) is 18.6 Å². The van der Waals surface area contributed by atoms with Crippen LogP contribution in [0, 0.1) is 54.8 Å². The van der Waals surface area contributed by atoms with Crippen molar-refractivity contribution >= 4 is 71.8 Å². The van der Waals surface area contributed by atoms with Crippen LogP contribution in [0.4, 0.5) is 0 Å². The summed E-state index contributed by atoms with van der Waals surface area (Å²) in [7, 11) is 0. The highest BCUT2D eigenvalue weighted by Gasteiger charge is 2.21. The first kappa shape index (κ1) is 60.4. The zero-order valence-corrected chi connectivity index (χ0v) is 49.5. The number of nitriles is 3. The Morgan fingerprint density at radius 3 is 1.14 bits per heavy atom. The quantitative estimate of drug-likeness (QED) is 0.0934. The van der Waals surface area contributed by atoms with Crippen molar-refractivity contribution in [3.8, 4) is 69.2 Å². The molecule has 0 aliphatic carbocycles. The largest absolute Gasteiger partial charge is 0.493 e. The molecule has 0 saturated carbocycles. The highest BCUT2D eigenvalue weighted by atomic mass is 79.9. The molecule has 0 atom stereocenters. The third kappa shape index (κ3) is 14.2. The summed E-state index contributed by atoms with van der Waals surface area (Å²) in [6, 6.07) is 49.7. The van der Waals surface area contributed by atoms with Crippen molar-refractivity contribution in [3.05, 3.63) is 161 Å². The lowest BCUT2D eigenvalue weighted by molar-refractivity contribution is 0.0322. The number of hydrogen-bond donors (Lipinski definition) is 1. The first-order valence-corrected chi connectivity index (χ1v) is 29.1. The predicted molar refractivity (Wildman–Crippen MR) is 329 cm³/mol. The Balaban J connectivity index is 0.000000170. The van der Waals surface area contributed by atoms with Gasteiger partial charge in [0.15, 0.2) is 0 Å². The highest BCUT2D eigenvalue weighted by molar-refractivity contribution is 9.09. The Hall–Kier alpha value is -7.25. The Kier molecular flexibility index (Phi) is 22.5. The first-order chi connectivity index (χ1) is 39.0. The van der Waals surface area contributed by atoms with Crippen LogP contribution in [0.2, 0.25) is 0 Å². The highest BCUT2D eigenvalue weighted by Crippen LogP contribution is 2.38. The second-order valence-electron chi connectivity index (χ2n) is 18.9. The zero-order chi connectivity index (χ0) is 57.1. The number of ether oxygens (including phenoxy) is 4. The normalized spacial score (nSPS) is 12.0. The van der Waals surface area contributed by atoms with Crippen LogP contribution < -0.4 is 14.2 Å². The number of alkyl halides is 3. The van der Waals surface area contributed by atoms with Gasteiger partial charge in [-0.3, -0.25) is 4.90 Å². The maximum absolute atomic E-state index is 9.85. The van der Waals surface area contributed by atoms with E-state index in [1.807, 2.05) is 78.9 Å². The fourth-order valence-electron chi connectivity index (χ4n) is 10.2. The van der Waals surface area contributed by atoms with Gasteiger partial charge in [-0.2, -0.15) is 15.8 Å². The summed E-state index contributed by atoms with van der Waals surface area (Å²) in [4.78, 5) is 2.36. The second-order valence-corrected chi connectivity index (χ2v) is 20.5. The third-order valence-corrected chi connectivity index (χ3v) is 14.1. The summed E-state index contributed by atoms with van der Waals surface area (Å²) in [5.74, 6) is 2.41. The number of fused-ring (bicyclic) bond motifs is 3. The van der Waals surface area contributed by atoms with Crippen LogP contribution >= 0.6 is 39.1 Å². The minimum Gasteiger partial charge on any atom is -0.493 e. The lowest BCUT2D eigenvalue weighted by atomic mass is 10.1. The van der Waals surface area contributed by atoms with Crippen LogP contribution in [0.15, 0.2) is 127 Å². The predicted octanol–water partition coefficient (Wildman–Crippen LogP) is 14.8. The summed E-state index contributed by atoms with van der Waals surface area (Å²) in [5.41, 5.74) is 15.0. The molecule has 1 aliphatic rings. The molecule has 1 aliphatic heterocycles. The van der Waals surface area contributed by atoms with Crippen LogP contribution in [0.5, 0.6) is 17.2 Å². The van der Waals surface area contributed by atoms with Gasteiger partial charge in [-0.05, 0) is 166 Å². The molecule has 0 amide bonds. The number of benzene rings is 6. The van der Waals surface area contributed by atoms with Crippen LogP contribution in [-0.2, 0) is 24.4 Å². The lowest BCUT2D eigenvalue weighted by Gasteiger charge is -2.26. The fraction of sp³-hybridized carbons (Fsp3) is 0.308. The molecule has 1 saturated heterocycles. The smallest absolute Gasteiger partial charge is 0.119 e. The molecule has 6 aromatic carbocycles. The summed E-state index contributed by atoms with van der Waals surface area (Å²) in [6.07, 6.45) is 0. The van der Waals surface area contributed by atoms with Crippen LogP contribution in [0.1, 0.15) is 54.2 Å². The maximum atomic E-state index is 9.85. The number of halogens is 3.